The minimum Gasteiger partial charge on any atom is -0.384 e. The van der Waals surface area contributed by atoms with Gasteiger partial charge in [0.05, 0.1) is 15.6 Å². The predicted molar refractivity (Wildman–Crippen MR) is 89.9 cm³/mol. The molecule has 6 nitrogen and oxygen atoms in total. The molecule has 0 saturated carbocycles. The monoisotopic (exact) mass is 351 g/mol. The summed E-state index contributed by atoms with van der Waals surface area (Å²) in [4.78, 5) is 21.9. The first kappa shape index (κ1) is 17.7. The zero-order valence-electron chi connectivity index (χ0n) is 12.6. The van der Waals surface area contributed by atoms with Crippen LogP contribution in [0.25, 0.3) is 0 Å². The second kappa shape index (κ2) is 8.26. The molecule has 2 N–H and O–H groups in total. The minimum atomic E-state index is -0.513. The van der Waals surface area contributed by atoms with Crippen LogP contribution in [0.4, 0.5) is 15.8 Å². The molecule has 2 rings (SSSR count). The van der Waals surface area contributed by atoms with Gasteiger partial charge in [-0.3, -0.25) is 14.9 Å². The Morgan fingerprint density at radius 1 is 1.17 bits per heavy atom. The maximum absolute atomic E-state index is 12.8. The molecule has 0 aliphatic carbocycles. The first-order chi connectivity index (χ1) is 11.5. The fourth-order valence-electron chi connectivity index (χ4n) is 1.98. The SMILES string of the molecule is O=C(NCCCNc1ccc([N+](=O)[O-])cc1Cl)c1ccc(F)cc1. The molecule has 8 heteroatoms. The number of nitro groups is 1. The van der Waals surface area contributed by atoms with Crippen molar-refractivity contribution in [3.8, 4) is 0 Å². The van der Waals surface area contributed by atoms with Gasteiger partial charge in [0.25, 0.3) is 11.6 Å². The smallest absolute Gasteiger partial charge is 0.271 e. The Labute approximate surface area is 142 Å². The first-order valence-corrected chi connectivity index (χ1v) is 7.57. The van der Waals surface area contributed by atoms with E-state index in [0.29, 0.717) is 30.8 Å². The molecule has 0 atom stereocenters. The number of hydrogen-bond acceptors (Lipinski definition) is 4. The van der Waals surface area contributed by atoms with Crippen molar-refractivity contribution < 1.29 is 14.1 Å². The Bertz CT molecular complexity index is 738. The Kier molecular flexibility index (Phi) is 6.08. The molecule has 0 aliphatic heterocycles. The quantitative estimate of drug-likeness (QED) is 0.453. The van der Waals surface area contributed by atoms with Crippen molar-refractivity contribution in [1.29, 1.82) is 0 Å². The van der Waals surface area contributed by atoms with E-state index in [1.165, 1.54) is 42.5 Å². The van der Waals surface area contributed by atoms with Gasteiger partial charge in [0.15, 0.2) is 0 Å². The van der Waals surface area contributed by atoms with E-state index in [4.69, 9.17) is 11.6 Å². The Morgan fingerprint density at radius 2 is 1.88 bits per heavy atom. The highest BCUT2D eigenvalue weighted by atomic mass is 35.5. The van der Waals surface area contributed by atoms with Crippen molar-refractivity contribution in [3.63, 3.8) is 0 Å². The zero-order chi connectivity index (χ0) is 17.5. The highest BCUT2D eigenvalue weighted by Gasteiger charge is 2.09. The molecular formula is C16H15ClFN3O3. The van der Waals surface area contributed by atoms with Crippen LogP contribution in [0.5, 0.6) is 0 Å². The Hall–Kier alpha value is -2.67. The number of anilines is 1. The van der Waals surface area contributed by atoms with Gasteiger partial charge in [-0.15, -0.1) is 0 Å². The maximum atomic E-state index is 12.8. The van der Waals surface area contributed by atoms with E-state index in [0.717, 1.165) is 0 Å². The maximum Gasteiger partial charge on any atom is 0.271 e. The summed E-state index contributed by atoms with van der Waals surface area (Å²) in [5.41, 5.74) is 0.909. The molecule has 0 spiro atoms. The second-order valence-corrected chi connectivity index (χ2v) is 5.37. The van der Waals surface area contributed by atoms with Gasteiger partial charge in [-0.1, -0.05) is 11.6 Å². The fourth-order valence-corrected chi connectivity index (χ4v) is 2.22. The summed E-state index contributed by atoms with van der Waals surface area (Å²) in [5, 5.41) is 16.7. The number of rotatable bonds is 7. The van der Waals surface area contributed by atoms with Crippen LogP contribution in [0.3, 0.4) is 0 Å². The topological polar surface area (TPSA) is 84.3 Å². The molecule has 1 amide bonds. The molecule has 0 saturated heterocycles. The number of halogens is 2. The third kappa shape index (κ3) is 4.92. The summed E-state index contributed by atoms with van der Waals surface area (Å²) < 4.78 is 12.8. The van der Waals surface area contributed by atoms with Gasteiger partial charge in [-0.05, 0) is 36.8 Å². The Balaban J connectivity index is 1.74. The number of hydrogen-bond donors (Lipinski definition) is 2. The molecule has 2 aromatic rings. The first-order valence-electron chi connectivity index (χ1n) is 7.19. The van der Waals surface area contributed by atoms with Crippen LogP contribution in [0, 0.1) is 15.9 Å². The molecule has 0 fully saturated rings. The predicted octanol–water partition coefficient (Wildman–Crippen LogP) is 3.62. The number of nitrogens with zero attached hydrogens (tertiary/aromatic N) is 1. The van der Waals surface area contributed by atoms with Gasteiger partial charge in [-0.2, -0.15) is 0 Å². The summed E-state index contributed by atoms with van der Waals surface area (Å²) in [7, 11) is 0. The molecule has 2 aromatic carbocycles. The van der Waals surface area contributed by atoms with Crippen molar-refractivity contribution in [2.24, 2.45) is 0 Å². The Morgan fingerprint density at radius 3 is 2.50 bits per heavy atom. The highest BCUT2D eigenvalue weighted by molar-refractivity contribution is 6.33. The van der Waals surface area contributed by atoms with E-state index >= 15 is 0 Å². The van der Waals surface area contributed by atoms with Gasteiger partial charge in [-0.25, -0.2) is 4.39 Å². The van der Waals surface area contributed by atoms with Crippen molar-refractivity contribution in [2.75, 3.05) is 18.4 Å². The summed E-state index contributed by atoms with van der Waals surface area (Å²) in [6.45, 7) is 0.953. The lowest BCUT2D eigenvalue weighted by molar-refractivity contribution is -0.384. The van der Waals surface area contributed by atoms with Crippen LogP contribution in [0.2, 0.25) is 5.02 Å². The molecule has 0 unspecified atom stereocenters. The number of nitrogens with one attached hydrogen (secondary N) is 2. The van der Waals surface area contributed by atoms with Gasteiger partial charge in [0.2, 0.25) is 0 Å². The average molecular weight is 352 g/mol. The number of carbonyl (C=O) groups is 1. The van der Waals surface area contributed by atoms with Crippen molar-refractivity contribution in [3.05, 3.63) is 69.0 Å². The average Bonchev–Trinajstić information content (AvgIpc) is 2.56. The van der Waals surface area contributed by atoms with E-state index in [1.54, 1.807) is 0 Å². The van der Waals surface area contributed by atoms with Crippen LogP contribution in [0.15, 0.2) is 42.5 Å². The van der Waals surface area contributed by atoms with Crippen molar-refractivity contribution >= 4 is 28.9 Å². The molecule has 24 heavy (non-hydrogen) atoms. The van der Waals surface area contributed by atoms with E-state index in [2.05, 4.69) is 10.6 Å². The third-order valence-electron chi connectivity index (χ3n) is 3.22. The molecule has 0 bridgehead atoms. The summed E-state index contributed by atoms with van der Waals surface area (Å²) in [6, 6.07) is 9.47. The van der Waals surface area contributed by atoms with Crippen LogP contribution >= 0.6 is 11.6 Å². The summed E-state index contributed by atoms with van der Waals surface area (Å²) in [6.07, 6.45) is 0.625. The van der Waals surface area contributed by atoms with Crippen LogP contribution in [-0.4, -0.2) is 23.9 Å². The van der Waals surface area contributed by atoms with Crippen molar-refractivity contribution in [2.45, 2.75) is 6.42 Å². The standard InChI is InChI=1S/C16H15ClFN3O3/c17-14-10-13(21(23)24)6-7-15(14)19-8-1-9-20-16(22)11-2-4-12(18)5-3-11/h2-7,10,19H,1,8-9H2,(H,20,22). The number of benzene rings is 2. The molecule has 0 radical (unpaired) electrons. The van der Waals surface area contributed by atoms with E-state index in [-0.39, 0.29) is 16.6 Å². The largest absolute Gasteiger partial charge is 0.384 e. The molecular weight excluding hydrogens is 337 g/mol. The minimum absolute atomic E-state index is 0.0721. The van der Waals surface area contributed by atoms with E-state index < -0.39 is 10.7 Å². The van der Waals surface area contributed by atoms with E-state index in [9.17, 15) is 19.3 Å². The summed E-state index contributed by atoms with van der Waals surface area (Å²) in [5.74, 6) is -0.668. The zero-order valence-corrected chi connectivity index (χ0v) is 13.3. The van der Waals surface area contributed by atoms with Gasteiger partial charge in [0.1, 0.15) is 5.82 Å². The lowest BCUT2D eigenvalue weighted by atomic mass is 10.2. The molecule has 0 heterocycles. The lowest BCUT2D eigenvalue weighted by Gasteiger charge is -2.09. The van der Waals surface area contributed by atoms with E-state index in [1.807, 2.05) is 0 Å². The normalized spacial score (nSPS) is 10.2. The van der Waals surface area contributed by atoms with Crippen LogP contribution in [-0.2, 0) is 0 Å². The number of non-ortho nitro benzene ring substituents is 1. The molecule has 126 valence electrons. The van der Waals surface area contributed by atoms with Crippen LogP contribution < -0.4 is 10.6 Å². The van der Waals surface area contributed by atoms with Crippen molar-refractivity contribution in [1.82, 2.24) is 5.32 Å². The number of nitro benzene ring substituents is 1. The number of carbonyl (C=O) groups excluding carboxylic acids is 1. The van der Waals surface area contributed by atoms with Gasteiger partial charge < -0.3 is 10.6 Å². The third-order valence-corrected chi connectivity index (χ3v) is 3.54. The highest BCUT2D eigenvalue weighted by Crippen LogP contribution is 2.26. The summed E-state index contributed by atoms with van der Waals surface area (Å²) >= 11 is 5.96. The second-order valence-electron chi connectivity index (χ2n) is 4.96. The van der Waals surface area contributed by atoms with Crippen LogP contribution in [0.1, 0.15) is 16.8 Å². The van der Waals surface area contributed by atoms with Gasteiger partial charge >= 0.3 is 0 Å². The lowest BCUT2D eigenvalue weighted by Crippen LogP contribution is -2.25. The van der Waals surface area contributed by atoms with Gasteiger partial charge in [0, 0.05) is 30.8 Å². The molecule has 0 aromatic heterocycles. The number of amides is 1. The fraction of sp³-hybridized carbons (Fsp3) is 0.188. The molecule has 0 aliphatic rings.